The molecule has 2 aliphatic rings. The number of nitrogens with zero attached hydrogens (tertiary/aromatic N) is 2. The van der Waals surface area contributed by atoms with Crippen molar-refractivity contribution in [2.24, 2.45) is 0 Å². The summed E-state index contributed by atoms with van der Waals surface area (Å²) in [5.41, 5.74) is 3.49. The van der Waals surface area contributed by atoms with E-state index in [4.69, 9.17) is 4.74 Å². The Morgan fingerprint density at radius 3 is 3.05 bits per heavy atom. The standard InChI is InChI=1S/C17H20N2O2/c20-16(15-10-18-11-19(15)13-5-6-13)9-17-14-4-2-1-3-12(14)7-8-21-17/h1-4,10-11,13,16-17,20H,5-9H2. The fourth-order valence-electron chi connectivity index (χ4n) is 3.23. The molecule has 4 nitrogen and oxygen atoms in total. The molecule has 1 N–H and O–H groups in total. The molecule has 1 aliphatic heterocycles. The number of imidazole rings is 1. The molecule has 2 unspecified atom stereocenters. The molecule has 4 heteroatoms. The van der Waals surface area contributed by atoms with Crippen LogP contribution in [0.3, 0.4) is 0 Å². The fraction of sp³-hybridized carbons (Fsp3) is 0.471. The SMILES string of the molecule is OC(CC1OCCc2ccccc21)c1cncn1C1CC1. The van der Waals surface area contributed by atoms with Gasteiger partial charge in [0, 0.05) is 12.5 Å². The lowest BCUT2D eigenvalue weighted by molar-refractivity contribution is 0.00201. The Balaban J connectivity index is 1.55. The highest BCUT2D eigenvalue weighted by Gasteiger charge is 2.30. The quantitative estimate of drug-likeness (QED) is 0.939. The lowest BCUT2D eigenvalue weighted by Gasteiger charge is -2.28. The van der Waals surface area contributed by atoms with Gasteiger partial charge in [-0.15, -0.1) is 0 Å². The van der Waals surface area contributed by atoms with E-state index in [9.17, 15) is 5.11 Å². The second kappa shape index (κ2) is 5.28. The first-order valence-corrected chi connectivity index (χ1v) is 7.72. The van der Waals surface area contributed by atoms with Gasteiger partial charge in [-0.25, -0.2) is 4.98 Å². The van der Waals surface area contributed by atoms with Gasteiger partial charge in [-0.05, 0) is 30.4 Å². The Bertz CT molecular complexity index is 633. The number of fused-ring (bicyclic) bond motifs is 1. The molecule has 2 aromatic rings. The highest BCUT2D eigenvalue weighted by atomic mass is 16.5. The van der Waals surface area contributed by atoms with Gasteiger partial charge in [-0.2, -0.15) is 0 Å². The van der Waals surface area contributed by atoms with Gasteiger partial charge in [0.1, 0.15) is 0 Å². The molecule has 0 radical (unpaired) electrons. The number of hydrogen-bond donors (Lipinski definition) is 1. The van der Waals surface area contributed by atoms with Crippen LogP contribution >= 0.6 is 0 Å². The smallest absolute Gasteiger partial charge is 0.0984 e. The number of rotatable bonds is 4. The summed E-state index contributed by atoms with van der Waals surface area (Å²) < 4.78 is 8.02. The third kappa shape index (κ3) is 2.49. The molecular formula is C17H20N2O2. The van der Waals surface area contributed by atoms with Gasteiger partial charge in [0.2, 0.25) is 0 Å². The molecule has 1 aromatic heterocycles. The van der Waals surface area contributed by atoms with Crippen LogP contribution in [-0.2, 0) is 11.2 Å². The second-order valence-electron chi connectivity index (χ2n) is 6.02. The summed E-state index contributed by atoms with van der Waals surface area (Å²) >= 11 is 0. The highest BCUT2D eigenvalue weighted by Crippen LogP contribution is 2.39. The van der Waals surface area contributed by atoms with Crippen molar-refractivity contribution in [3.63, 3.8) is 0 Å². The predicted molar refractivity (Wildman–Crippen MR) is 78.9 cm³/mol. The zero-order valence-corrected chi connectivity index (χ0v) is 12.0. The van der Waals surface area contributed by atoms with Crippen LogP contribution in [0.4, 0.5) is 0 Å². The van der Waals surface area contributed by atoms with E-state index in [0.29, 0.717) is 12.5 Å². The van der Waals surface area contributed by atoms with Crippen molar-refractivity contribution >= 4 is 0 Å². The highest BCUT2D eigenvalue weighted by molar-refractivity contribution is 5.31. The molecule has 1 fully saturated rings. The molecular weight excluding hydrogens is 264 g/mol. The Kier molecular flexibility index (Phi) is 3.28. The van der Waals surface area contributed by atoms with E-state index < -0.39 is 6.10 Å². The summed E-state index contributed by atoms with van der Waals surface area (Å²) in [5, 5.41) is 10.6. The van der Waals surface area contributed by atoms with Crippen molar-refractivity contribution in [3.8, 4) is 0 Å². The summed E-state index contributed by atoms with van der Waals surface area (Å²) in [6.45, 7) is 0.732. The summed E-state index contributed by atoms with van der Waals surface area (Å²) in [6.07, 6.45) is 7.02. The van der Waals surface area contributed by atoms with Crippen molar-refractivity contribution < 1.29 is 9.84 Å². The molecule has 0 saturated heterocycles. The minimum absolute atomic E-state index is 0.0208. The van der Waals surface area contributed by atoms with Gasteiger partial charge >= 0.3 is 0 Å². The van der Waals surface area contributed by atoms with Crippen LogP contribution in [0.5, 0.6) is 0 Å². The van der Waals surface area contributed by atoms with Crippen molar-refractivity contribution in [3.05, 3.63) is 53.6 Å². The molecule has 21 heavy (non-hydrogen) atoms. The van der Waals surface area contributed by atoms with Crippen LogP contribution in [0.25, 0.3) is 0 Å². The number of hydrogen-bond acceptors (Lipinski definition) is 3. The zero-order chi connectivity index (χ0) is 14.2. The molecule has 2 heterocycles. The normalized spacial score (nSPS) is 22.8. The van der Waals surface area contributed by atoms with Crippen molar-refractivity contribution in [2.75, 3.05) is 6.61 Å². The Morgan fingerprint density at radius 1 is 1.33 bits per heavy atom. The second-order valence-corrected chi connectivity index (χ2v) is 6.02. The van der Waals surface area contributed by atoms with E-state index in [-0.39, 0.29) is 6.10 Å². The van der Waals surface area contributed by atoms with Crippen LogP contribution in [0.15, 0.2) is 36.8 Å². The lowest BCUT2D eigenvalue weighted by atomic mass is 9.93. The van der Waals surface area contributed by atoms with Crippen LogP contribution < -0.4 is 0 Å². The summed E-state index contributed by atoms with van der Waals surface area (Å²) in [5.74, 6) is 0. The van der Waals surface area contributed by atoms with Crippen LogP contribution in [0.1, 0.15) is 54.3 Å². The van der Waals surface area contributed by atoms with Gasteiger partial charge in [0.05, 0.1) is 37.0 Å². The Morgan fingerprint density at radius 2 is 2.19 bits per heavy atom. The summed E-state index contributed by atoms with van der Waals surface area (Å²) in [7, 11) is 0. The van der Waals surface area contributed by atoms with Crippen LogP contribution in [0, 0.1) is 0 Å². The first kappa shape index (κ1) is 13.0. The van der Waals surface area contributed by atoms with Gasteiger partial charge in [-0.1, -0.05) is 24.3 Å². The molecule has 4 rings (SSSR count). The van der Waals surface area contributed by atoms with Crippen molar-refractivity contribution in [1.82, 2.24) is 9.55 Å². The maximum Gasteiger partial charge on any atom is 0.0984 e. The van der Waals surface area contributed by atoms with Crippen molar-refractivity contribution in [2.45, 2.75) is 43.9 Å². The maximum absolute atomic E-state index is 10.6. The monoisotopic (exact) mass is 284 g/mol. The minimum atomic E-state index is -0.524. The van der Waals surface area contributed by atoms with Gasteiger partial charge in [-0.3, -0.25) is 0 Å². The van der Waals surface area contributed by atoms with E-state index in [1.54, 1.807) is 6.20 Å². The molecule has 110 valence electrons. The van der Waals surface area contributed by atoms with Gasteiger partial charge in [0.15, 0.2) is 0 Å². The number of aliphatic hydroxyl groups is 1. The number of aliphatic hydroxyl groups excluding tert-OH is 1. The summed E-state index contributed by atoms with van der Waals surface area (Å²) in [4.78, 5) is 4.20. The maximum atomic E-state index is 10.6. The largest absolute Gasteiger partial charge is 0.387 e. The third-order valence-electron chi connectivity index (χ3n) is 4.51. The average molecular weight is 284 g/mol. The average Bonchev–Trinajstić information content (AvgIpc) is 3.24. The molecule has 2 atom stereocenters. The van der Waals surface area contributed by atoms with E-state index in [2.05, 4.69) is 27.8 Å². The van der Waals surface area contributed by atoms with Crippen LogP contribution in [0.2, 0.25) is 0 Å². The Hall–Kier alpha value is -1.65. The number of aromatic nitrogens is 2. The molecule has 1 aliphatic carbocycles. The molecule has 0 bridgehead atoms. The first-order chi connectivity index (χ1) is 10.3. The summed E-state index contributed by atoms with van der Waals surface area (Å²) in [6, 6.07) is 8.92. The minimum Gasteiger partial charge on any atom is -0.387 e. The van der Waals surface area contributed by atoms with E-state index in [0.717, 1.165) is 18.7 Å². The van der Waals surface area contributed by atoms with E-state index in [1.807, 2.05) is 12.4 Å². The van der Waals surface area contributed by atoms with E-state index in [1.165, 1.54) is 24.0 Å². The zero-order valence-electron chi connectivity index (χ0n) is 12.0. The number of benzene rings is 1. The Labute approximate surface area is 124 Å². The van der Waals surface area contributed by atoms with Gasteiger partial charge in [0.25, 0.3) is 0 Å². The third-order valence-corrected chi connectivity index (χ3v) is 4.51. The number of ether oxygens (including phenoxy) is 1. The molecule has 0 spiro atoms. The van der Waals surface area contributed by atoms with Crippen LogP contribution in [-0.4, -0.2) is 21.3 Å². The lowest BCUT2D eigenvalue weighted by Crippen LogP contribution is -2.19. The van der Waals surface area contributed by atoms with Crippen molar-refractivity contribution in [1.29, 1.82) is 0 Å². The molecule has 1 aromatic carbocycles. The predicted octanol–water partition coefficient (Wildman–Crippen LogP) is 2.96. The molecule has 1 saturated carbocycles. The molecule has 0 amide bonds. The topological polar surface area (TPSA) is 47.3 Å². The fourth-order valence-corrected chi connectivity index (χ4v) is 3.23. The van der Waals surface area contributed by atoms with Gasteiger partial charge < -0.3 is 14.4 Å². The first-order valence-electron chi connectivity index (χ1n) is 7.72. The van der Waals surface area contributed by atoms with E-state index >= 15 is 0 Å².